The molecule has 5 heteroatoms. The first-order chi connectivity index (χ1) is 11.7. The van der Waals surface area contributed by atoms with Crippen molar-refractivity contribution in [1.29, 1.82) is 0 Å². The molecule has 1 aliphatic rings. The zero-order valence-corrected chi connectivity index (χ0v) is 13.9. The van der Waals surface area contributed by atoms with E-state index in [0.29, 0.717) is 12.4 Å². The second-order valence-corrected chi connectivity index (χ2v) is 5.44. The van der Waals surface area contributed by atoms with Crippen molar-refractivity contribution < 1.29 is 14.3 Å². The number of hydrogen-bond donors (Lipinski definition) is 0. The third kappa shape index (κ3) is 3.40. The van der Waals surface area contributed by atoms with Crippen molar-refractivity contribution in [3.8, 4) is 11.6 Å². The third-order valence-electron chi connectivity index (χ3n) is 3.96. The molecule has 1 amide bonds. The lowest BCUT2D eigenvalue weighted by Gasteiger charge is -2.19. The molecule has 3 rings (SSSR count). The van der Waals surface area contributed by atoms with Crippen LogP contribution in [0.2, 0.25) is 0 Å². The van der Waals surface area contributed by atoms with Crippen molar-refractivity contribution >= 4 is 17.7 Å². The maximum atomic E-state index is 12.5. The molecule has 2 heterocycles. The Kier molecular flexibility index (Phi) is 4.79. The molecule has 0 fully saturated rings. The number of benzene rings is 1. The van der Waals surface area contributed by atoms with Crippen LogP contribution >= 0.6 is 0 Å². The predicted molar refractivity (Wildman–Crippen MR) is 93.5 cm³/mol. The van der Waals surface area contributed by atoms with Crippen LogP contribution in [0, 0.1) is 0 Å². The Morgan fingerprint density at radius 1 is 1.38 bits per heavy atom. The summed E-state index contributed by atoms with van der Waals surface area (Å²) in [4.78, 5) is 18.3. The maximum Gasteiger partial charge on any atom is 0.251 e. The number of pyridine rings is 1. The number of nitrogens with zero attached hydrogens (tertiary/aromatic N) is 2. The number of ether oxygens (including phenoxy) is 2. The highest BCUT2D eigenvalue weighted by Gasteiger charge is 2.13. The molecule has 0 unspecified atom stereocenters. The fraction of sp³-hybridized carbons (Fsp3) is 0.263. The van der Waals surface area contributed by atoms with E-state index in [9.17, 15) is 4.79 Å². The zero-order valence-electron chi connectivity index (χ0n) is 13.9. The van der Waals surface area contributed by atoms with Crippen LogP contribution in [-0.2, 0) is 11.2 Å². The largest absolute Gasteiger partial charge is 0.493 e. The number of anilines is 1. The van der Waals surface area contributed by atoms with Gasteiger partial charge in [-0.1, -0.05) is 6.07 Å². The van der Waals surface area contributed by atoms with E-state index in [1.54, 1.807) is 30.3 Å². The van der Waals surface area contributed by atoms with Gasteiger partial charge in [0.25, 0.3) is 5.91 Å². The van der Waals surface area contributed by atoms with Gasteiger partial charge >= 0.3 is 0 Å². The second kappa shape index (κ2) is 7.17. The Labute approximate surface area is 141 Å². The van der Waals surface area contributed by atoms with Gasteiger partial charge in [-0.25, -0.2) is 4.98 Å². The minimum absolute atomic E-state index is 0.0822. The fourth-order valence-electron chi connectivity index (χ4n) is 2.69. The highest BCUT2D eigenvalue weighted by molar-refractivity contribution is 6.03. The van der Waals surface area contributed by atoms with Crippen LogP contribution in [0.4, 0.5) is 5.69 Å². The average Bonchev–Trinajstić information content (AvgIpc) is 3.09. The third-order valence-corrected chi connectivity index (χ3v) is 3.96. The van der Waals surface area contributed by atoms with Crippen LogP contribution < -0.4 is 14.4 Å². The van der Waals surface area contributed by atoms with Gasteiger partial charge in [0.05, 0.1) is 25.6 Å². The fourth-order valence-corrected chi connectivity index (χ4v) is 2.69. The maximum absolute atomic E-state index is 12.5. The molecule has 1 aromatic heterocycles. The van der Waals surface area contributed by atoms with Crippen LogP contribution in [0.5, 0.6) is 11.6 Å². The number of amides is 1. The molecule has 1 aliphatic heterocycles. The number of fused-ring (bicyclic) bond motifs is 1. The van der Waals surface area contributed by atoms with E-state index in [4.69, 9.17) is 9.47 Å². The molecule has 2 aromatic rings. The van der Waals surface area contributed by atoms with Crippen LogP contribution in [0.15, 0.2) is 42.6 Å². The van der Waals surface area contributed by atoms with Crippen LogP contribution in [0.25, 0.3) is 6.08 Å². The molecule has 0 aliphatic carbocycles. The minimum atomic E-state index is -0.0822. The van der Waals surface area contributed by atoms with Gasteiger partial charge in [-0.15, -0.1) is 0 Å². The quantitative estimate of drug-likeness (QED) is 0.793. The molecule has 1 aromatic carbocycles. The molecular weight excluding hydrogens is 304 g/mol. The lowest BCUT2D eigenvalue weighted by atomic mass is 10.1. The van der Waals surface area contributed by atoms with Crippen molar-refractivity contribution in [2.45, 2.75) is 13.3 Å². The van der Waals surface area contributed by atoms with Gasteiger partial charge in [0, 0.05) is 25.1 Å². The summed E-state index contributed by atoms with van der Waals surface area (Å²) in [5, 5.41) is 0. The van der Waals surface area contributed by atoms with Crippen molar-refractivity contribution in [2.75, 3.05) is 25.2 Å². The molecule has 0 saturated carbocycles. The van der Waals surface area contributed by atoms with E-state index >= 15 is 0 Å². The highest BCUT2D eigenvalue weighted by Crippen LogP contribution is 2.26. The lowest BCUT2D eigenvalue weighted by Crippen LogP contribution is -2.28. The highest BCUT2D eigenvalue weighted by atomic mass is 16.5. The molecule has 24 heavy (non-hydrogen) atoms. The topological polar surface area (TPSA) is 51.7 Å². The number of carbonyl (C=O) groups is 1. The van der Waals surface area contributed by atoms with Gasteiger partial charge < -0.3 is 14.4 Å². The predicted octanol–water partition coefficient (Wildman–Crippen LogP) is 3.09. The van der Waals surface area contributed by atoms with Gasteiger partial charge in [0.2, 0.25) is 5.88 Å². The molecule has 0 atom stereocenters. The van der Waals surface area contributed by atoms with Crippen molar-refractivity contribution in [2.24, 2.45) is 0 Å². The summed E-state index contributed by atoms with van der Waals surface area (Å²) in [6.07, 6.45) is 5.98. The van der Waals surface area contributed by atoms with E-state index < -0.39 is 0 Å². The zero-order chi connectivity index (χ0) is 16.9. The van der Waals surface area contributed by atoms with Gasteiger partial charge in [0.15, 0.2) is 0 Å². The van der Waals surface area contributed by atoms with Crippen molar-refractivity contribution in [1.82, 2.24) is 4.98 Å². The van der Waals surface area contributed by atoms with Crippen molar-refractivity contribution in [3.63, 3.8) is 0 Å². The monoisotopic (exact) mass is 324 g/mol. The summed E-state index contributed by atoms with van der Waals surface area (Å²) in [6, 6.07) is 9.55. The number of carbonyl (C=O) groups excluding carboxylic acids is 1. The number of likely N-dealkylation sites (N-methyl/N-ethyl adjacent to an activating group) is 1. The van der Waals surface area contributed by atoms with Gasteiger partial charge in [-0.2, -0.15) is 0 Å². The van der Waals surface area contributed by atoms with E-state index in [0.717, 1.165) is 30.0 Å². The summed E-state index contributed by atoms with van der Waals surface area (Å²) in [5.74, 6) is 1.39. The molecular formula is C19H20N2O3. The molecule has 0 radical (unpaired) electrons. The number of aromatic nitrogens is 1. The van der Waals surface area contributed by atoms with Gasteiger partial charge in [0.1, 0.15) is 5.75 Å². The first-order valence-corrected chi connectivity index (χ1v) is 7.96. The van der Waals surface area contributed by atoms with Crippen molar-refractivity contribution in [3.05, 3.63) is 53.7 Å². The van der Waals surface area contributed by atoms with Crippen LogP contribution in [0.1, 0.15) is 18.1 Å². The SMILES string of the molecule is CCN(C(=O)/C=C/c1ccc2c(c1)CCO2)c1ccc(OC)nc1. The van der Waals surface area contributed by atoms with Crippen LogP contribution in [-0.4, -0.2) is 31.2 Å². The van der Waals surface area contributed by atoms with E-state index in [1.807, 2.05) is 31.2 Å². The molecule has 0 bridgehead atoms. The summed E-state index contributed by atoms with van der Waals surface area (Å²) in [7, 11) is 1.56. The molecule has 0 N–H and O–H groups in total. The normalized spacial score (nSPS) is 12.8. The summed E-state index contributed by atoms with van der Waals surface area (Å²) in [5.41, 5.74) is 2.93. The lowest BCUT2D eigenvalue weighted by molar-refractivity contribution is -0.114. The number of methoxy groups -OCH3 is 1. The molecule has 0 saturated heterocycles. The Morgan fingerprint density at radius 2 is 2.25 bits per heavy atom. The Bertz CT molecular complexity index is 754. The Balaban J connectivity index is 1.73. The Morgan fingerprint density at radius 3 is 2.96 bits per heavy atom. The van der Waals surface area contributed by atoms with E-state index in [1.165, 1.54) is 5.56 Å². The standard InChI is InChI=1S/C19H20N2O3/c1-3-21(16-6-8-18(23-2)20-13-16)19(22)9-5-14-4-7-17-15(12-14)10-11-24-17/h4-9,12-13H,3,10-11H2,1-2H3/b9-5+. The first-order valence-electron chi connectivity index (χ1n) is 7.96. The van der Waals surface area contributed by atoms with Gasteiger partial charge in [-0.3, -0.25) is 4.79 Å². The summed E-state index contributed by atoms with van der Waals surface area (Å²) >= 11 is 0. The van der Waals surface area contributed by atoms with E-state index in [-0.39, 0.29) is 5.91 Å². The van der Waals surface area contributed by atoms with Crippen LogP contribution in [0.3, 0.4) is 0 Å². The van der Waals surface area contributed by atoms with E-state index in [2.05, 4.69) is 11.1 Å². The summed E-state index contributed by atoms with van der Waals surface area (Å²) < 4.78 is 10.5. The smallest absolute Gasteiger partial charge is 0.251 e. The molecule has 124 valence electrons. The van der Waals surface area contributed by atoms with Gasteiger partial charge in [-0.05, 0) is 42.3 Å². The number of rotatable bonds is 5. The molecule has 5 nitrogen and oxygen atoms in total. The summed E-state index contributed by atoms with van der Waals surface area (Å²) in [6.45, 7) is 3.23. The average molecular weight is 324 g/mol. The first kappa shape index (κ1) is 16.1. The Hall–Kier alpha value is -2.82. The minimum Gasteiger partial charge on any atom is -0.493 e. The number of hydrogen-bond acceptors (Lipinski definition) is 4. The second-order valence-electron chi connectivity index (χ2n) is 5.44. The molecule has 0 spiro atoms.